The van der Waals surface area contributed by atoms with Gasteiger partial charge in [-0.25, -0.2) is 4.39 Å². The first kappa shape index (κ1) is 22.4. The zero-order valence-electron chi connectivity index (χ0n) is 18.7. The molecule has 0 bridgehead atoms. The van der Waals surface area contributed by atoms with Crippen LogP contribution in [0.2, 0.25) is 5.02 Å². The van der Waals surface area contributed by atoms with Gasteiger partial charge in [-0.2, -0.15) is 0 Å². The summed E-state index contributed by atoms with van der Waals surface area (Å²) in [5, 5.41) is 14.3. The number of benzene rings is 2. The van der Waals surface area contributed by atoms with Gasteiger partial charge >= 0.3 is 0 Å². The Morgan fingerprint density at radius 1 is 1.15 bits per heavy atom. The second-order valence-corrected chi connectivity index (χ2v) is 9.50. The summed E-state index contributed by atoms with van der Waals surface area (Å²) in [5.74, 6) is -1.26. The molecule has 5 nitrogen and oxygen atoms in total. The third-order valence-corrected chi connectivity index (χ3v) is 7.39. The average Bonchev–Trinajstić information content (AvgIpc) is 3.32. The molecule has 2 N–H and O–H groups in total. The Balaban J connectivity index is 1.32. The van der Waals surface area contributed by atoms with E-state index in [0.717, 1.165) is 54.5 Å². The SMILES string of the molecule is COC1CCN(C2CCC(Nc3[c]cnc4ccc(-c5cc(F)c(O)c(Cl)c5)cc34)CC2)C1. The van der Waals surface area contributed by atoms with Crippen LogP contribution in [-0.4, -0.2) is 53.4 Å². The van der Waals surface area contributed by atoms with Crippen LogP contribution in [0.3, 0.4) is 0 Å². The molecule has 1 aliphatic carbocycles. The maximum atomic E-state index is 14.0. The van der Waals surface area contributed by atoms with Crippen LogP contribution in [-0.2, 0) is 4.74 Å². The first-order chi connectivity index (χ1) is 16.0. The van der Waals surface area contributed by atoms with Gasteiger partial charge in [0.15, 0.2) is 11.6 Å². The highest BCUT2D eigenvalue weighted by molar-refractivity contribution is 6.32. The number of nitrogens with zero attached hydrogens (tertiary/aromatic N) is 2. The van der Waals surface area contributed by atoms with Crippen molar-refractivity contribution in [1.82, 2.24) is 9.88 Å². The molecule has 1 atom stereocenters. The Morgan fingerprint density at radius 3 is 2.70 bits per heavy atom. The fourth-order valence-corrected chi connectivity index (χ4v) is 5.40. The maximum absolute atomic E-state index is 14.0. The summed E-state index contributed by atoms with van der Waals surface area (Å²) < 4.78 is 19.6. The normalized spacial score (nSPS) is 23.8. The molecule has 1 aliphatic heterocycles. The van der Waals surface area contributed by atoms with Gasteiger partial charge in [-0.3, -0.25) is 9.88 Å². The van der Waals surface area contributed by atoms with E-state index in [1.54, 1.807) is 12.3 Å². The van der Waals surface area contributed by atoms with Crippen LogP contribution < -0.4 is 5.32 Å². The summed E-state index contributed by atoms with van der Waals surface area (Å²) in [6, 6.07) is 12.9. The monoisotopic (exact) mass is 468 g/mol. The van der Waals surface area contributed by atoms with E-state index in [4.69, 9.17) is 16.3 Å². The maximum Gasteiger partial charge on any atom is 0.170 e. The molecule has 1 saturated heterocycles. The summed E-state index contributed by atoms with van der Waals surface area (Å²) in [7, 11) is 1.81. The van der Waals surface area contributed by atoms with E-state index in [1.165, 1.54) is 18.9 Å². The number of methoxy groups -OCH3 is 1. The Labute approximate surface area is 198 Å². The number of aromatic nitrogens is 1. The molecule has 33 heavy (non-hydrogen) atoms. The molecule has 3 aromatic rings. The lowest BCUT2D eigenvalue weighted by atomic mass is 9.90. The lowest BCUT2D eigenvalue weighted by molar-refractivity contribution is 0.0947. The van der Waals surface area contributed by atoms with E-state index in [2.05, 4.69) is 21.3 Å². The van der Waals surface area contributed by atoms with Gasteiger partial charge in [-0.05, 0) is 67.5 Å². The van der Waals surface area contributed by atoms with Gasteiger partial charge in [0.2, 0.25) is 0 Å². The number of ether oxygens (including phenoxy) is 1. The number of hydrogen-bond acceptors (Lipinski definition) is 5. The molecule has 1 aromatic heterocycles. The number of hydrogen-bond donors (Lipinski definition) is 2. The second-order valence-electron chi connectivity index (χ2n) is 9.09. The number of aromatic hydroxyl groups is 1. The van der Waals surface area contributed by atoms with Gasteiger partial charge in [0.25, 0.3) is 0 Å². The topological polar surface area (TPSA) is 57.6 Å². The van der Waals surface area contributed by atoms with Gasteiger partial charge in [0.05, 0.1) is 22.3 Å². The summed E-state index contributed by atoms with van der Waals surface area (Å²) in [5.41, 5.74) is 3.17. The van der Waals surface area contributed by atoms with Crippen LogP contribution in [0.15, 0.2) is 36.5 Å². The van der Waals surface area contributed by atoms with Gasteiger partial charge in [0, 0.05) is 49.9 Å². The largest absolute Gasteiger partial charge is 0.504 e. The number of halogens is 2. The fraction of sp³-hybridized carbons (Fsp3) is 0.423. The van der Waals surface area contributed by atoms with E-state index in [0.29, 0.717) is 23.8 Å². The molecular formula is C26H28ClFN3O2. The Bertz CT molecular complexity index is 1130. The van der Waals surface area contributed by atoms with Crippen molar-refractivity contribution in [2.75, 3.05) is 25.5 Å². The van der Waals surface area contributed by atoms with Crippen LogP contribution in [0.25, 0.3) is 22.0 Å². The minimum atomic E-state index is -0.736. The highest BCUT2D eigenvalue weighted by Crippen LogP contribution is 2.35. The van der Waals surface area contributed by atoms with Gasteiger partial charge < -0.3 is 15.2 Å². The third kappa shape index (κ3) is 4.65. The first-order valence-corrected chi connectivity index (χ1v) is 11.9. The Hall–Kier alpha value is -2.41. The third-order valence-electron chi connectivity index (χ3n) is 7.10. The Morgan fingerprint density at radius 2 is 1.97 bits per heavy atom. The minimum absolute atomic E-state index is 0.00669. The number of anilines is 1. The van der Waals surface area contributed by atoms with E-state index >= 15 is 0 Å². The van der Waals surface area contributed by atoms with Crippen molar-refractivity contribution in [3.8, 4) is 16.9 Å². The number of rotatable bonds is 5. The molecule has 1 radical (unpaired) electrons. The highest BCUT2D eigenvalue weighted by Gasteiger charge is 2.31. The molecule has 7 heteroatoms. The van der Waals surface area contributed by atoms with E-state index < -0.39 is 11.6 Å². The number of nitrogens with one attached hydrogen (secondary N) is 1. The van der Waals surface area contributed by atoms with Crippen molar-refractivity contribution in [3.05, 3.63) is 53.4 Å². The van der Waals surface area contributed by atoms with Gasteiger partial charge in [-0.15, -0.1) is 0 Å². The van der Waals surface area contributed by atoms with Crippen LogP contribution >= 0.6 is 11.6 Å². The fourth-order valence-electron chi connectivity index (χ4n) is 5.19. The smallest absolute Gasteiger partial charge is 0.170 e. The molecule has 5 rings (SSSR count). The standard InChI is InChI=1S/C26H28ClFN3O2/c1-33-20-9-11-31(15-20)19-5-3-18(4-6-19)30-25-8-10-29-24-7-2-16(12-21(24)25)17-13-22(27)26(32)23(28)14-17/h2,7,10,12-14,18-20,32H,3-6,9,11,15H2,1H3,(H,29,30). The van der Waals surface area contributed by atoms with Crippen molar-refractivity contribution >= 4 is 28.2 Å². The summed E-state index contributed by atoms with van der Waals surface area (Å²) >= 11 is 5.99. The van der Waals surface area contributed by atoms with Crippen molar-refractivity contribution < 1.29 is 14.2 Å². The van der Waals surface area contributed by atoms with Crippen molar-refractivity contribution in [2.24, 2.45) is 0 Å². The molecule has 173 valence electrons. The molecule has 0 amide bonds. The van der Waals surface area contributed by atoms with Crippen LogP contribution in [0.4, 0.5) is 10.1 Å². The number of phenols is 1. The predicted octanol–water partition coefficient (Wildman–Crippen LogP) is 5.64. The van der Waals surface area contributed by atoms with E-state index in [-0.39, 0.29) is 5.02 Å². The summed E-state index contributed by atoms with van der Waals surface area (Å²) in [6.07, 6.45) is 7.77. The van der Waals surface area contributed by atoms with Gasteiger partial charge in [-0.1, -0.05) is 17.7 Å². The molecule has 0 spiro atoms. The molecule has 2 aromatic carbocycles. The lowest BCUT2D eigenvalue weighted by Gasteiger charge is -2.35. The average molecular weight is 469 g/mol. The number of phenolic OH excluding ortho intramolecular Hbond substituents is 1. The van der Waals surface area contributed by atoms with Crippen molar-refractivity contribution in [2.45, 2.75) is 50.3 Å². The molecular weight excluding hydrogens is 441 g/mol. The number of fused-ring (bicyclic) bond motifs is 1. The lowest BCUT2D eigenvalue weighted by Crippen LogP contribution is -2.39. The molecule has 2 aliphatic rings. The van der Waals surface area contributed by atoms with Crippen molar-refractivity contribution in [3.63, 3.8) is 0 Å². The predicted molar refractivity (Wildman–Crippen MR) is 129 cm³/mol. The van der Waals surface area contributed by atoms with Crippen LogP contribution in [0.5, 0.6) is 5.75 Å². The van der Waals surface area contributed by atoms with Crippen molar-refractivity contribution in [1.29, 1.82) is 0 Å². The second kappa shape index (κ2) is 9.45. The van der Waals surface area contributed by atoms with E-state index in [1.807, 2.05) is 25.3 Å². The zero-order valence-corrected chi connectivity index (χ0v) is 19.4. The first-order valence-electron chi connectivity index (χ1n) is 11.5. The highest BCUT2D eigenvalue weighted by atomic mass is 35.5. The molecule has 1 unspecified atom stereocenters. The van der Waals surface area contributed by atoms with Gasteiger partial charge in [0.1, 0.15) is 0 Å². The minimum Gasteiger partial charge on any atom is -0.504 e. The molecule has 1 saturated carbocycles. The Kier molecular flexibility index (Phi) is 6.41. The quantitative estimate of drug-likeness (QED) is 0.507. The van der Waals surface area contributed by atoms with Crippen LogP contribution in [0, 0.1) is 11.9 Å². The molecule has 2 fully saturated rings. The summed E-state index contributed by atoms with van der Waals surface area (Å²) in [4.78, 5) is 7.03. The zero-order chi connectivity index (χ0) is 22.9. The van der Waals surface area contributed by atoms with E-state index in [9.17, 15) is 9.50 Å². The number of pyridine rings is 1. The summed E-state index contributed by atoms with van der Waals surface area (Å²) in [6.45, 7) is 2.18. The van der Waals surface area contributed by atoms with Crippen LogP contribution in [0.1, 0.15) is 32.1 Å². The number of likely N-dealkylation sites (tertiary alicyclic amines) is 1. The molecule has 2 heterocycles.